The molecule has 0 amide bonds. The summed E-state index contributed by atoms with van der Waals surface area (Å²) < 4.78 is 18.9. The summed E-state index contributed by atoms with van der Waals surface area (Å²) in [6.07, 6.45) is 3.49. The van der Waals surface area contributed by atoms with Crippen LogP contribution in [0.2, 0.25) is 10.1 Å². The van der Waals surface area contributed by atoms with Crippen LogP contribution >= 0.6 is 0 Å². The fourth-order valence-corrected chi connectivity index (χ4v) is 16.8. The second-order valence-corrected chi connectivity index (χ2v) is 25.1. The number of benzene rings is 4. The number of rotatable bonds is 13. The molecule has 4 aromatic carbocycles. The van der Waals surface area contributed by atoms with E-state index >= 15 is 0 Å². The Morgan fingerprint density at radius 1 is 0.692 bits per heavy atom. The number of hydrogen-bond donors (Lipinski definition) is 2. The third-order valence-corrected chi connectivity index (χ3v) is 20.6. The van der Waals surface area contributed by atoms with Gasteiger partial charge in [-0.3, -0.25) is 4.79 Å². The first-order chi connectivity index (χ1) is 24.7. The normalized spacial score (nSPS) is 17.8. The SMILES string of the molecule is CC(C)(C)[Si](OC[C@H](O)CCC1(O)CC1)(c1ccccc1)c1ccccc1.CC(C)(C)[Si](OC[C@H]1CCC(=O)O1)(c1ccccc1)c1ccccc1. The predicted octanol–water partition coefficient (Wildman–Crippen LogP) is 6.50. The lowest BCUT2D eigenvalue weighted by Gasteiger charge is -2.43. The van der Waals surface area contributed by atoms with Crippen LogP contribution in [-0.2, 0) is 18.4 Å². The first-order valence-electron chi connectivity index (χ1n) is 18.8. The zero-order valence-electron chi connectivity index (χ0n) is 31.9. The molecular formula is C44H58O6Si2. The summed E-state index contributed by atoms with van der Waals surface area (Å²) in [5.74, 6) is -0.115. The van der Waals surface area contributed by atoms with Gasteiger partial charge in [-0.15, -0.1) is 0 Å². The zero-order valence-corrected chi connectivity index (χ0v) is 33.9. The van der Waals surface area contributed by atoms with Crippen LogP contribution in [0, 0.1) is 0 Å². The van der Waals surface area contributed by atoms with E-state index in [1.807, 2.05) is 24.3 Å². The van der Waals surface area contributed by atoms with Gasteiger partial charge in [-0.05, 0) is 62.9 Å². The summed E-state index contributed by atoms with van der Waals surface area (Å²) in [7, 11) is -5.12. The molecule has 2 fully saturated rings. The van der Waals surface area contributed by atoms with Crippen molar-refractivity contribution in [2.24, 2.45) is 0 Å². The number of hydrogen-bond acceptors (Lipinski definition) is 6. The van der Waals surface area contributed by atoms with Gasteiger partial charge in [0.15, 0.2) is 0 Å². The summed E-state index contributed by atoms with van der Waals surface area (Å²) >= 11 is 0. The Hall–Kier alpha value is -3.38. The van der Waals surface area contributed by atoms with E-state index in [-0.39, 0.29) is 22.1 Å². The molecule has 1 aliphatic carbocycles. The van der Waals surface area contributed by atoms with Crippen molar-refractivity contribution < 1.29 is 28.6 Å². The lowest BCUT2D eigenvalue weighted by atomic mass is 10.1. The number of ether oxygens (including phenoxy) is 1. The quantitative estimate of drug-likeness (QED) is 0.121. The fraction of sp³-hybridized carbons (Fsp3) is 0.432. The van der Waals surface area contributed by atoms with E-state index in [4.69, 9.17) is 13.6 Å². The number of esters is 1. The second kappa shape index (κ2) is 16.7. The molecule has 1 heterocycles. The molecule has 0 aromatic heterocycles. The highest BCUT2D eigenvalue weighted by molar-refractivity contribution is 7.00. The molecule has 52 heavy (non-hydrogen) atoms. The van der Waals surface area contributed by atoms with Crippen molar-refractivity contribution in [2.75, 3.05) is 13.2 Å². The highest BCUT2D eigenvalue weighted by Gasteiger charge is 2.52. The van der Waals surface area contributed by atoms with Crippen molar-refractivity contribution in [2.45, 2.75) is 108 Å². The molecule has 2 N–H and O–H groups in total. The lowest BCUT2D eigenvalue weighted by molar-refractivity contribution is -0.142. The number of cyclic esters (lactones) is 1. The van der Waals surface area contributed by atoms with Crippen LogP contribution in [0.4, 0.5) is 0 Å². The minimum Gasteiger partial charge on any atom is -0.460 e. The minimum atomic E-state index is -2.59. The Labute approximate surface area is 313 Å². The van der Waals surface area contributed by atoms with Gasteiger partial charge in [0.25, 0.3) is 16.6 Å². The molecule has 0 radical (unpaired) electrons. The monoisotopic (exact) mass is 738 g/mol. The van der Waals surface area contributed by atoms with Gasteiger partial charge in [0.1, 0.15) is 6.10 Å². The largest absolute Gasteiger partial charge is 0.460 e. The van der Waals surface area contributed by atoms with E-state index in [0.717, 1.165) is 19.3 Å². The number of aliphatic hydroxyl groups excluding tert-OH is 1. The molecule has 1 saturated carbocycles. The topological polar surface area (TPSA) is 85.2 Å². The Morgan fingerprint density at radius 2 is 1.08 bits per heavy atom. The first kappa shape index (κ1) is 39.8. The first-order valence-corrected chi connectivity index (χ1v) is 22.6. The second-order valence-electron chi connectivity index (χ2n) is 16.5. The Balaban J connectivity index is 0.000000202. The maximum Gasteiger partial charge on any atom is 0.306 e. The van der Waals surface area contributed by atoms with Gasteiger partial charge in [0.2, 0.25) is 0 Å². The molecule has 2 aliphatic rings. The molecule has 6 rings (SSSR count). The molecule has 4 aromatic rings. The summed E-state index contributed by atoms with van der Waals surface area (Å²) in [5, 5.41) is 25.4. The van der Waals surface area contributed by atoms with Crippen LogP contribution < -0.4 is 20.7 Å². The van der Waals surface area contributed by atoms with Crippen molar-refractivity contribution in [3.63, 3.8) is 0 Å². The molecule has 0 spiro atoms. The molecule has 8 heteroatoms. The summed E-state index contributed by atoms with van der Waals surface area (Å²) in [5.41, 5.74) is -0.529. The Morgan fingerprint density at radius 3 is 1.40 bits per heavy atom. The molecule has 1 saturated heterocycles. The summed E-state index contributed by atoms with van der Waals surface area (Å²) in [6.45, 7) is 14.2. The number of carbonyl (C=O) groups is 1. The Kier molecular flexibility index (Phi) is 12.8. The standard InChI is InChI=1S/C23H32O3Si.C21H26O3Si/c1-22(2,3)27(20-10-6-4-7-11-20,21-12-8-5-9-13-21)26-18-19(24)14-15-23(25)16-17-23;1-21(2,3)25(18-10-6-4-7-11-18,19-12-8-5-9-13-19)23-16-17-14-15-20(22)24-17/h4-13,19,24-25H,14-18H2,1-3H3;4-13,17H,14-16H2,1-3H3/t19-;17-/m11/s1. The number of carbonyl (C=O) groups excluding carboxylic acids is 1. The fourth-order valence-electron chi connectivity index (χ4n) is 7.58. The zero-order chi connectivity index (χ0) is 37.5. The van der Waals surface area contributed by atoms with Gasteiger partial charge in [0, 0.05) is 6.42 Å². The summed E-state index contributed by atoms with van der Waals surface area (Å²) in [4.78, 5) is 11.4. The molecular weight excluding hydrogens is 681 g/mol. The van der Waals surface area contributed by atoms with Crippen molar-refractivity contribution in [1.82, 2.24) is 0 Å². The third-order valence-electron chi connectivity index (χ3n) is 10.6. The average Bonchev–Trinajstić information content (AvgIpc) is 3.73. The molecule has 1 aliphatic heterocycles. The van der Waals surface area contributed by atoms with Crippen LogP contribution in [0.3, 0.4) is 0 Å². The molecule has 6 nitrogen and oxygen atoms in total. The summed E-state index contributed by atoms with van der Waals surface area (Å²) in [6, 6.07) is 42.0. The van der Waals surface area contributed by atoms with Gasteiger partial charge >= 0.3 is 5.97 Å². The van der Waals surface area contributed by atoms with E-state index in [0.29, 0.717) is 32.5 Å². The maximum absolute atomic E-state index is 11.4. The van der Waals surface area contributed by atoms with Crippen LogP contribution in [-0.4, -0.2) is 63.8 Å². The van der Waals surface area contributed by atoms with Gasteiger partial charge in [-0.25, -0.2) is 0 Å². The van der Waals surface area contributed by atoms with Gasteiger partial charge < -0.3 is 23.8 Å². The van der Waals surface area contributed by atoms with E-state index in [9.17, 15) is 15.0 Å². The maximum atomic E-state index is 11.4. The van der Waals surface area contributed by atoms with Gasteiger partial charge in [-0.1, -0.05) is 163 Å². The van der Waals surface area contributed by atoms with Crippen molar-refractivity contribution >= 4 is 43.4 Å². The van der Waals surface area contributed by atoms with E-state index in [1.54, 1.807) is 0 Å². The average molecular weight is 739 g/mol. The smallest absolute Gasteiger partial charge is 0.306 e. The minimum absolute atomic E-state index is 0.0572. The van der Waals surface area contributed by atoms with Crippen LogP contribution in [0.25, 0.3) is 0 Å². The van der Waals surface area contributed by atoms with E-state index < -0.39 is 28.3 Å². The molecule has 2 atom stereocenters. The van der Waals surface area contributed by atoms with Gasteiger partial charge in [0.05, 0.1) is 24.9 Å². The highest BCUT2D eigenvalue weighted by atomic mass is 28.4. The Bertz CT molecular complexity index is 1600. The van der Waals surface area contributed by atoms with Crippen LogP contribution in [0.5, 0.6) is 0 Å². The van der Waals surface area contributed by atoms with Crippen LogP contribution in [0.15, 0.2) is 121 Å². The van der Waals surface area contributed by atoms with E-state index in [1.165, 1.54) is 20.7 Å². The number of aliphatic hydroxyl groups is 2. The third kappa shape index (κ3) is 9.21. The van der Waals surface area contributed by atoms with Gasteiger partial charge in [-0.2, -0.15) is 0 Å². The highest BCUT2D eigenvalue weighted by Crippen LogP contribution is 2.41. The van der Waals surface area contributed by atoms with E-state index in [2.05, 4.69) is 139 Å². The van der Waals surface area contributed by atoms with Crippen molar-refractivity contribution in [3.05, 3.63) is 121 Å². The predicted molar refractivity (Wildman–Crippen MR) is 216 cm³/mol. The molecule has 278 valence electrons. The lowest BCUT2D eigenvalue weighted by Crippen LogP contribution is -2.67. The molecule has 0 unspecified atom stereocenters. The van der Waals surface area contributed by atoms with Crippen LogP contribution in [0.1, 0.15) is 80.1 Å². The van der Waals surface area contributed by atoms with Crippen molar-refractivity contribution in [1.29, 1.82) is 0 Å². The molecule has 0 bridgehead atoms. The van der Waals surface area contributed by atoms with Crippen molar-refractivity contribution in [3.8, 4) is 0 Å².